The first kappa shape index (κ1) is 51.6. The van der Waals surface area contributed by atoms with Gasteiger partial charge in [0, 0.05) is 5.41 Å². The van der Waals surface area contributed by atoms with Crippen LogP contribution in [0.25, 0.3) is 0 Å². The number of carboxylic acids is 1. The van der Waals surface area contributed by atoms with E-state index in [1.54, 1.807) is 0 Å². The van der Waals surface area contributed by atoms with Crippen LogP contribution in [0.15, 0.2) is 11.6 Å². The third-order valence-corrected chi connectivity index (χ3v) is 19.4. The van der Waals surface area contributed by atoms with Crippen LogP contribution in [0.3, 0.4) is 0 Å². The number of hydrogen-bond donors (Lipinski definition) is 11. The molecule has 67 heavy (non-hydrogen) atoms. The molecule has 3 aliphatic heterocycles. The minimum Gasteiger partial charge on any atom is -0.479 e. The largest absolute Gasteiger partial charge is 0.479 e. The van der Waals surface area contributed by atoms with Gasteiger partial charge in [-0.3, -0.25) is 0 Å². The van der Waals surface area contributed by atoms with Crippen molar-refractivity contribution in [2.45, 2.75) is 211 Å². The molecule has 0 bridgehead atoms. The maximum absolute atomic E-state index is 13.8. The zero-order chi connectivity index (χ0) is 49.1. The lowest BCUT2D eigenvalue weighted by molar-refractivity contribution is -0.396. The van der Waals surface area contributed by atoms with Crippen molar-refractivity contribution in [3.63, 3.8) is 0 Å². The molecule has 3 heterocycles. The highest BCUT2D eigenvalue weighted by Gasteiger charge is 2.70. The van der Waals surface area contributed by atoms with Gasteiger partial charge in [0.25, 0.3) is 0 Å². The number of aliphatic hydroxyl groups excluding tert-OH is 10. The van der Waals surface area contributed by atoms with Crippen molar-refractivity contribution in [1.82, 2.24) is 0 Å². The van der Waals surface area contributed by atoms with E-state index in [-0.39, 0.29) is 50.9 Å². The maximum atomic E-state index is 13.8. The zero-order valence-corrected chi connectivity index (χ0v) is 39.7. The molecule has 7 fully saturated rings. The second-order valence-corrected chi connectivity index (χ2v) is 23.4. The van der Waals surface area contributed by atoms with Gasteiger partial charge in [-0.2, -0.15) is 0 Å². The SMILES string of the molecule is CC1(C)C[C@@H]2C3=CC[C@H]4[C@@]5(C)CC[C@@H](O[C@@H]6O[C@H](C(=O)O)[C@@H](O)[C@H](O)[C@H]6O[C@@H]6O[C@@H](CO)[C@H](O)[C@H](O)[C@@H]6O[C@@H]6O[C@H](CO)[C@@H](O)[C@@H](O)[C@@H]6O)[C@@](C)(C=O)[C@@H]5CC[C@@]4(C)[C@@]3(C)CC[C@]2(C)[C@@H](O)C1. The van der Waals surface area contributed by atoms with E-state index < -0.39 is 123 Å². The van der Waals surface area contributed by atoms with Gasteiger partial charge in [0.2, 0.25) is 0 Å². The number of allylic oxidation sites excluding steroid dienone is 2. The fourth-order valence-corrected chi connectivity index (χ4v) is 15.0. The predicted molar refractivity (Wildman–Crippen MR) is 231 cm³/mol. The fourth-order valence-electron chi connectivity index (χ4n) is 15.0. The number of carbonyl (C=O) groups excluding carboxylic acids is 1. The molecule has 8 rings (SSSR count). The molecule has 8 aliphatic rings. The standard InChI is InChI=1S/C48H76O19/c1-43(2)16-22-21-8-9-26-45(4)12-11-28(46(5,20-51)25(45)10-13-48(26,7)47(21,6)15-14-44(22,3)27(52)17-43)64-42-38(34(58)33(57)36(65-42)39(60)61)67-41-37(32(56)30(54)24(19-50)63-41)66-40-35(59)31(55)29(53)23(18-49)62-40/h8,20,22-38,40-42,49-50,52-59H,9-19H2,1-7H3,(H,60,61)/t22-,23-,24+,25-,26+,27+,28-,29-,30+,31-,32+,33+,34+,35+,36+,37+,38-,40+,41+,42-,44+,45+,46+,47+,48-/m1/s1. The molecule has 0 unspecified atom stereocenters. The number of hydrogen-bond acceptors (Lipinski definition) is 18. The van der Waals surface area contributed by atoms with E-state index in [0.717, 1.165) is 44.8 Å². The Morgan fingerprint density at radius 1 is 0.657 bits per heavy atom. The minimum absolute atomic E-state index is 0.00247. The predicted octanol–water partition coefficient (Wildman–Crippen LogP) is -0.116. The Hall–Kier alpha value is -1.76. The van der Waals surface area contributed by atoms with Crippen molar-refractivity contribution < 1.29 is 94.2 Å². The summed E-state index contributed by atoms with van der Waals surface area (Å²) in [5.74, 6) is -1.42. The maximum Gasteiger partial charge on any atom is 0.335 e. The van der Waals surface area contributed by atoms with Crippen LogP contribution < -0.4 is 0 Å². The number of aldehydes is 1. The molecule has 19 heteroatoms. The van der Waals surface area contributed by atoms with Crippen molar-refractivity contribution in [1.29, 1.82) is 0 Å². The van der Waals surface area contributed by atoms with E-state index in [2.05, 4.69) is 47.6 Å². The Morgan fingerprint density at radius 2 is 1.24 bits per heavy atom. The van der Waals surface area contributed by atoms with E-state index in [4.69, 9.17) is 28.4 Å². The summed E-state index contributed by atoms with van der Waals surface area (Å²) in [7, 11) is 0. The van der Waals surface area contributed by atoms with Gasteiger partial charge in [-0.25, -0.2) is 4.79 Å². The normalized spacial score (nSPS) is 55.2. The summed E-state index contributed by atoms with van der Waals surface area (Å²) in [6.45, 7) is 14.0. The summed E-state index contributed by atoms with van der Waals surface area (Å²) in [6, 6.07) is 0. The lowest BCUT2D eigenvalue weighted by atomic mass is 9.33. The molecule has 4 saturated carbocycles. The first-order valence-corrected chi connectivity index (χ1v) is 24.3. The summed E-state index contributed by atoms with van der Waals surface area (Å²) in [5.41, 5.74) is -0.555. The second kappa shape index (κ2) is 18.1. The monoisotopic (exact) mass is 956 g/mol. The van der Waals surface area contributed by atoms with Gasteiger partial charge < -0.3 is 89.4 Å². The lowest BCUT2D eigenvalue weighted by Gasteiger charge is -2.71. The average Bonchev–Trinajstić information content (AvgIpc) is 3.27. The molecule has 0 spiro atoms. The molecular formula is C48H76O19. The smallest absolute Gasteiger partial charge is 0.335 e. The summed E-state index contributed by atoms with van der Waals surface area (Å²) in [4.78, 5) is 26.2. The van der Waals surface area contributed by atoms with Crippen LogP contribution in [0.2, 0.25) is 0 Å². The molecular weight excluding hydrogens is 881 g/mol. The van der Waals surface area contributed by atoms with Gasteiger partial charge in [0.1, 0.15) is 73.4 Å². The van der Waals surface area contributed by atoms with Gasteiger partial charge in [-0.15, -0.1) is 0 Å². The highest BCUT2D eigenvalue weighted by atomic mass is 16.8. The molecule has 0 aromatic carbocycles. The minimum atomic E-state index is -2.12. The Kier molecular flexibility index (Phi) is 13.9. The van der Waals surface area contributed by atoms with Crippen LogP contribution >= 0.6 is 0 Å². The molecule has 0 aromatic rings. The van der Waals surface area contributed by atoms with Crippen LogP contribution in [0.1, 0.15) is 106 Å². The van der Waals surface area contributed by atoms with Gasteiger partial charge in [0.15, 0.2) is 25.0 Å². The van der Waals surface area contributed by atoms with Crippen LogP contribution in [-0.4, -0.2) is 186 Å². The summed E-state index contributed by atoms with van der Waals surface area (Å²) in [6.07, 6.45) is -19.1. The van der Waals surface area contributed by atoms with Crippen molar-refractivity contribution in [2.24, 2.45) is 50.2 Å². The molecule has 19 nitrogen and oxygen atoms in total. The quantitative estimate of drug-likeness (QED) is 0.0773. The summed E-state index contributed by atoms with van der Waals surface area (Å²) in [5, 5.41) is 118. The van der Waals surface area contributed by atoms with Crippen molar-refractivity contribution in [3.05, 3.63) is 11.6 Å². The second-order valence-electron chi connectivity index (χ2n) is 23.4. The summed E-state index contributed by atoms with van der Waals surface area (Å²) >= 11 is 0. The fraction of sp³-hybridized carbons (Fsp3) is 0.917. The van der Waals surface area contributed by atoms with E-state index in [0.29, 0.717) is 19.3 Å². The Morgan fingerprint density at radius 3 is 1.85 bits per heavy atom. The van der Waals surface area contributed by atoms with Crippen LogP contribution in [0.5, 0.6) is 0 Å². The van der Waals surface area contributed by atoms with Crippen molar-refractivity contribution in [3.8, 4) is 0 Å². The molecule has 11 N–H and O–H groups in total. The molecule has 5 aliphatic carbocycles. The van der Waals surface area contributed by atoms with E-state index >= 15 is 0 Å². The molecule has 0 aromatic heterocycles. The number of aliphatic carboxylic acids is 1. The number of ether oxygens (including phenoxy) is 6. The van der Waals surface area contributed by atoms with E-state index in [9.17, 15) is 65.8 Å². The molecule has 25 atom stereocenters. The average molecular weight is 957 g/mol. The van der Waals surface area contributed by atoms with Crippen LogP contribution in [0, 0.1) is 50.2 Å². The Balaban J connectivity index is 1.08. The number of carboxylic acid groups (broad SMARTS) is 1. The highest BCUT2D eigenvalue weighted by Crippen LogP contribution is 2.75. The first-order valence-electron chi connectivity index (χ1n) is 24.3. The third kappa shape index (κ3) is 8.01. The Bertz CT molecular complexity index is 1870. The first-order chi connectivity index (χ1) is 31.3. The zero-order valence-electron chi connectivity index (χ0n) is 39.7. The third-order valence-electron chi connectivity index (χ3n) is 19.4. The van der Waals surface area contributed by atoms with E-state index in [1.807, 2.05) is 6.92 Å². The molecule has 3 saturated heterocycles. The van der Waals surface area contributed by atoms with Gasteiger partial charge in [0.05, 0.1) is 30.8 Å². The van der Waals surface area contributed by atoms with Gasteiger partial charge in [-0.1, -0.05) is 60.1 Å². The number of aliphatic hydroxyl groups is 10. The topological polar surface area (TPSA) is 312 Å². The molecule has 382 valence electrons. The Labute approximate surface area is 391 Å². The summed E-state index contributed by atoms with van der Waals surface area (Å²) < 4.78 is 35.8. The molecule has 0 radical (unpaired) electrons. The van der Waals surface area contributed by atoms with Gasteiger partial charge in [-0.05, 0) is 97.2 Å². The van der Waals surface area contributed by atoms with Gasteiger partial charge >= 0.3 is 5.97 Å². The number of rotatable bonds is 10. The van der Waals surface area contributed by atoms with Crippen LogP contribution in [-0.2, 0) is 38.0 Å². The molecule has 0 amide bonds. The van der Waals surface area contributed by atoms with Crippen molar-refractivity contribution in [2.75, 3.05) is 13.2 Å². The van der Waals surface area contributed by atoms with Crippen molar-refractivity contribution >= 4 is 12.3 Å². The number of carbonyl (C=O) groups is 2. The lowest BCUT2D eigenvalue weighted by Crippen LogP contribution is -2.68. The number of fused-ring (bicyclic) bond motifs is 7. The van der Waals surface area contributed by atoms with Crippen LogP contribution in [0.4, 0.5) is 0 Å². The highest BCUT2D eigenvalue weighted by molar-refractivity contribution is 5.73. The van der Waals surface area contributed by atoms with E-state index in [1.165, 1.54) is 5.57 Å².